The molecule has 0 radical (unpaired) electrons. The molecule has 1 aliphatic rings. The van der Waals surface area contributed by atoms with E-state index in [1.165, 1.54) is 30.0 Å². The lowest BCUT2D eigenvalue weighted by atomic mass is 9.87. The summed E-state index contributed by atoms with van der Waals surface area (Å²) in [5, 5.41) is 14.0. The molecule has 1 atom stereocenters. The zero-order valence-electron chi connectivity index (χ0n) is 16.6. The number of carbonyl (C=O) groups excluding carboxylic acids is 3. The molecule has 3 aromatic rings. The van der Waals surface area contributed by atoms with Crippen LogP contribution >= 0.6 is 0 Å². The van der Waals surface area contributed by atoms with E-state index in [0.29, 0.717) is 16.9 Å². The second-order valence-electron chi connectivity index (χ2n) is 7.31. The van der Waals surface area contributed by atoms with Gasteiger partial charge in [0.25, 0.3) is 5.91 Å². The van der Waals surface area contributed by atoms with E-state index < -0.39 is 23.2 Å². The van der Waals surface area contributed by atoms with Crippen molar-refractivity contribution in [2.75, 3.05) is 16.8 Å². The lowest BCUT2D eigenvalue weighted by Gasteiger charge is -2.23. The molecule has 31 heavy (non-hydrogen) atoms. The van der Waals surface area contributed by atoms with E-state index in [0.717, 1.165) is 6.07 Å². The van der Waals surface area contributed by atoms with Crippen molar-refractivity contribution < 1.29 is 23.9 Å². The molecule has 0 aromatic heterocycles. The van der Waals surface area contributed by atoms with Gasteiger partial charge in [0.05, 0.1) is 5.69 Å². The average molecular weight is 418 g/mol. The van der Waals surface area contributed by atoms with Gasteiger partial charge in [-0.25, -0.2) is 4.39 Å². The topological polar surface area (TPSA) is 86.7 Å². The summed E-state index contributed by atoms with van der Waals surface area (Å²) in [6.07, 6.45) is 0. The van der Waals surface area contributed by atoms with Crippen molar-refractivity contribution in [3.8, 4) is 0 Å². The van der Waals surface area contributed by atoms with Crippen LogP contribution in [0.1, 0.15) is 28.4 Å². The number of aliphatic hydroxyl groups is 1. The summed E-state index contributed by atoms with van der Waals surface area (Å²) in [4.78, 5) is 38.4. The number of nitrogens with one attached hydrogen (secondary N) is 1. The van der Waals surface area contributed by atoms with E-state index in [-0.39, 0.29) is 23.5 Å². The number of carbonyl (C=O) groups is 3. The number of hydrogen-bond donors (Lipinski definition) is 2. The van der Waals surface area contributed by atoms with Crippen LogP contribution < -0.4 is 10.2 Å². The van der Waals surface area contributed by atoms with Crippen molar-refractivity contribution in [3.05, 3.63) is 95.3 Å². The molecule has 0 spiro atoms. The standard InChI is InChI=1S/C24H19FN2O4/c1-15(28)16-9-11-19(12-10-16)26-22(29)14-27-21-8-3-2-7-20(21)24(31,23(27)30)17-5-4-6-18(25)13-17/h2-13,31H,14H2,1H3,(H,26,29). The molecule has 1 heterocycles. The number of nitrogens with zero attached hydrogens (tertiary/aromatic N) is 1. The maximum Gasteiger partial charge on any atom is 0.268 e. The van der Waals surface area contributed by atoms with E-state index in [9.17, 15) is 23.9 Å². The Morgan fingerprint density at radius 2 is 1.74 bits per heavy atom. The Balaban J connectivity index is 1.61. The summed E-state index contributed by atoms with van der Waals surface area (Å²) in [7, 11) is 0. The van der Waals surface area contributed by atoms with Gasteiger partial charge in [-0.15, -0.1) is 0 Å². The molecule has 1 aliphatic heterocycles. The Labute approximate surface area is 177 Å². The Kier molecular flexibility index (Phi) is 5.12. The van der Waals surface area contributed by atoms with Crippen LogP contribution in [0.5, 0.6) is 0 Å². The SMILES string of the molecule is CC(=O)c1ccc(NC(=O)CN2C(=O)C(O)(c3cccc(F)c3)c3ccccc32)cc1. The van der Waals surface area contributed by atoms with Gasteiger partial charge < -0.3 is 10.4 Å². The highest BCUT2D eigenvalue weighted by molar-refractivity contribution is 6.12. The first kappa shape index (κ1) is 20.4. The predicted octanol–water partition coefficient (Wildman–Crippen LogP) is 3.25. The number of hydrogen-bond acceptors (Lipinski definition) is 4. The summed E-state index contributed by atoms with van der Waals surface area (Å²) < 4.78 is 13.8. The first-order valence-corrected chi connectivity index (χ1v) is 9.61. The molecule has 0 saturated carbocycles. The first-order chi connectivity index (χ1) is 14.8. The fourth-order valence-corrected chi connectivity index (χ4v) is 3.72. The number of para-hydroxylation sites is 1. The number of ketones is 1. The summed E-state index contributed by atoms with van der Waals surface area (Å²) in [6.45, 7) is 1.10. The van der Waals surface area contributed by atoms with Crippen LogP contribution in [-0.4, -0.2) is 29.2 Å². The lowest BCUT2D eigenvalue weighted by Crippen LogP contribution is -2.44. The molecule has 2 N–H and O–H groups in total. The number of benzene rings is 3. The molecule has 2 amide bonds. The van der Waals surface area contributed by atoms with Gasteiger partial charge in [0, 0.05) is 22.4 Å². The van der Waals surface area contributed by atoms with Gasteiger partial charge in [-0.1, -0.05) is 30.3 Å². The minimum absolute atomic E-state index is 0.0891. The monoisotopic (exact) mass is 418 g/mol. The Hall–Kier alpha value is -3.84. The number of anilines is 2. The first-order valence-electron chi connectivity index (χ1n) is 9.61. The van der Waals surface area contributed by atoms with E-state index in [1.54, 1.807) is 48.5 Å². The zero-order chi connectivity index (χ0) is 22.2. The fourth-order valence-electron chi connectivity index (χ4n) is 3.72. The van der Waals surface area contributed by atoms with E-state index in [2.05, 4.69) is 5.32 Å². The number of amides is 2. The fraction of sp³-hybridized carbons (Fsp3) is 0.125. The van der Waals surface area contributed by atoms with Crippen molar-refractivity contribution in [3.63, 3.8) is 0 Å². The second-order valence-corrected chi connectivity index (χ2v) is 7.31. The van der Waals surface area contributed by atoms with Gasteiger partial charge in [-0.05, 0) is 49.4 Å². The molecular weight excluding hydrogens is 399 g/mol. The summed E-state index contributed by atoms with van der Waals surface area (Å²) in [5.41, 5.74) is -0.363. The van der Waals surface area contributed by atoms with Gasteiger partial charge in [0.1, 0.15) is 12.4 Å². The highest BCUT2D eigenvalue weighted by Crippen LogP contribution is 2.44. The maximum atomic E-state index is 13.8. The largest absolute Gasteiger partial charge is 0.372 e. The highest BCUT2D eigenvalue weighted by atomic mass is 19.1. The molecule has 7 heteroatoms. The molecule has 0 bridgehead atoms. The van der Waals surface area contributed by atoms with Crippen LogP contribution in [0.3, 0.4) is 0 Å². The lowest BCUT2D eigenvalue weighted by molar-refractivity contribution is -0.133. The Morgan fingerprint density at radius 1 is 1.03 bits per heavy atom. The molecular formula is C24H19FN2O4. The van der Waals surface area contributed by atoms with Crippen molar-refractivity contribution in [2.24, 2.45) is 0 Å². The van der Waals surface area contributed by atoms with Crippen LogP contribution in [0.4, 0.5) is 15.8 Å². The summed E-state index contributed by atoms with van der Waals surface area (Å²) >= 11 is 0. The Morgan fingerprint density at radius 3 is 2.42 bits per heavy atom. The molecule has 1 unspecified atom stereocenters. The highest BCUT2D eigenvalue weighted by Gasteiger charge is 2.51. The smallest absolute Gasteiger partial charge is 0.268 e. The van der Waals surface area contributed by atoms with Crippen molar-refractivity contribution in [2.45, 2.75) is 12.5 Å². The molecule has 3 aromatic carbocycles. The van der Waals surface area contributed by atoms with Crippen molar-refractivity contribution in [1.82, 2.24) is 0 Å². The van der Waals surface area contributed by atoms with E-state index >= 15 is 0 Å². The van der Waals surface area contributed by atoms with Crippen LogP contribution in [-0.2, 0) is 15.2 Å². The number of halogens is 1. The van der Waals surface area contributed by atoms with Crippen molar-refractivity contribution in [1.29, 1.82) is 0 Å². The minimum Gasteiger partial charge on any atom is -0.372 e. The molecule has 0 fully saturated rings. The number of Topliss-reactive ketones (excluding diaryl/α,β-unsaturated/α-hetero) is 1. The number of fused-ring (bicyclic) bond motifs is 1. The summed E-state index contributed by atoms with van der Waals surface area (Å²) in [6, 6.07) is 18.1. The van der Waals surface area contributed by atoms with Gasteiger partial charge in [0.2, 0.25) is 5.91 Å². The quantitative estimate of drug-likeness (QED) is 0.623. The molecule has 0 aliphatic carbocycles. The third-order valence-electron chi connectivity index (χ3n) is 5.26. The van der Waals surface area contributed by atoms with Gasteiger partial charge in [-0.3, -0.25) is 19.3 Å². The van der Waals surface area contributed by atoms with Crippen LogP contribution in [0.25, 0.3) is 0 Å². The molecule has 6 nitrogen and oxygen atoms in total. The van der Waals surface area contributed by atoms with E-state index in [1.807, 2.05) is 0 Å². The van der Waals surface area contributed by atoms with E-state index in [4.69, 9.17) is 0 Å². The van der Waals surface area contributed by atoms with Crippen LogP contribution in [0.15, 0.2) is 72.8 Å². The van der Waals surface area contributed by atoms with Gasteiger partial charge in [0.15, 0.2) is 11.4 Å². The predicted molar refractivity (Wildman–Crippen MR) is 113 cm³/mol. The van der Waals surface area contributed by atoms with Gasteiger partial charge in [-0.2, -0.15) is 0 Å². The third-order valence-corrected chi connectivity index (χ3v) is 5.26. The minimum atomic E-state index is -2.10. The number of rotatable bonds is 5. The molecule has 156 valence electrons. The average Bonchev–Trinajstić information content (AvgIpc) is 2.97. The second kappa shape index (κ2) is 7.77. The van der Waals surface area contributed by atoms with Crippen molar-refractivity contribution >= 4 is 29.0 Å². The third kappa shape index (κ3) is 3.60. The maximum absolute atomic E-state index is 13.8. The molecule has 4 rings (SSSR count). The molecule has 0 saturated heterocycles. The van der Waals surface area contributed by atoms with Crippen LogP contribution in [0, 0.1) is 5.82 Å². The van der Waals surface area contributed by atoms with Gasteiger partial charge >= 0.3 is 0 Å². The normalized spacial score (nSPS) is 17.4. The zero-order valence-corrected chi connectivity index (χ0v) is 16.6. The van der Waals surface area contributed by atoms with Crippen LogP contribution in [0.2, 0.25) is 0 Å². The Bertz CT molecular complexity index is 1190. The summed E-state index contributed by atoms with van der Waals surface area (Å²) in [5.74, 6) is -1.89.